The molecule has 0 aliphatic carbocycles. The smallest absolute Gasteiger partial charge is 0.187 e. The second kappa shape index (κ2) is 7.84. The van der Waals surface area contributed by atoms with Crippen LogP contribution in [0, 0.1) is 0 Å². The normalized spacial score (nSPS) is 20.0. The van der Waals surface area contributed by atoms with E-state index in [2.05, 4.69) is 9.80 Å². The summed E-state index contributed by atoms with van der Waals surface area (Å²) in [6, 6.07) is 8.54. The third kappa shape index (κ3) is 4.18. The lowest BCUT2D eigenvalue weighted by atomic mass is 10.0. The van der Waals surface area contributed by atoms with Crippen LogP contribution in [0.2, 0.25) is 0 Å². The van der Waals surface area contributed by atoms with Gasteiger partial charge in [0.15, 0.2) is 5.78 Å². The quantitative estimate of drug-likeness (QED) is 0.613. The van der Waals surface area contributed by atoms with Gasteiger partial charge in [0.25, 0.3) is 0 Å². The molecule has 2 saturated heterocycles. The minimum atomic E-state index is 0.0852. The third-order valence-corrected chi connectivity index (χ3v) is 5.26. The lowest BCUT2D eigenvalue weighted by molar-refractivity contribution is 0.104. The molecule has 24 heavy (non-hydrogen) atoms. The van der Waals surface area contributed by atoms with E-state index in [1.807, 2.05) is 49.5 Å². The van der Waals surface area contributed by atoms with Gasteiger partial charge in [-0.25, -0.2) is 0 Å². The van der Waals surface area contributed by atoms with Crippen molar-refractivity contribution < 1.29 is 4.79 Å². The Balaban J connectivity index is 1.49. The maximum Gasteiger partial charge on any atom is 0.187 e. The van der Waals surface area contributed by atoms with Gasteiger partial charge in [-0.1, -0.05) is 0 Å². The summed E-state index contributed by atoms with van der Waals surface area (Å²) in [6.45, 7) is 4.68. The molecule has 4 nitrogen and oxygen atoms in total. The topological polar surface area (TPSA) is 26.8 Å². The summed E-state index contributed by atoms with van der Waals surface area (Å²) in [4.78, 5) is 19.3. The number of carbonyl (C=O) groups is 1. The fourth-order valence-electron chi connectivity index (χ4n) is 3.70. The van der Waals surface area contributed by atoms with Crippen molar-refractivity contribution in [2.24, 2.45) is 0 Å². The highest BCUT2D eigenvalue weighted by Gasteiger charge is 2.25. The van der Waals surface area contributed by atoms with Gasteiger partial charge in [0.1, 0.15) is 0 Å². The molecule has 0 spiro atoms. The Morgan fingerprint density at radius 2 is 1.67 bits per heavy atom. The fraction of sp³-hybridized carbons (Fsp3) is 0.550. The van der Waals surface area contributed by atoms with Crippen LogP contribution in [0.25, 0.3) is 0 Å². The van der Waals surface area contributed by atoms with Gasteiger partial charge in [-0.3, -0.25) is 4.79 Å². The van der Waals surface area contributed by atoms with Crippen molar-refractivity contribution in [2.45, 2.75) is 31.7 Å². The number of piperidine rings is 1. The van der Waals surface area contributed by atoms with Gasteiger partial charge in [0.05, 0.1) is 0 Å². The number of likely N-dealkylation sites (tertiary alicyclic amines) is 2. The van der Waals surface area contributed by atoms with E-state index >= 15 is 0 Å². The van der Waals surface area contributed by atoms with Crippen molar-refractivity contribution in [3.63, 3.8) is 0 Å². The molecule has 4 heteroatoms. The van der Waals surface area contributed by atoms with Crippen LogP contribution in [0.4, 0.5) is 5.69 Å². The van der Waals surface area contributed by atoms with Gasteiger partial charge in [-0.05, 0) is 63.0 Å². The molecule has 130 valence electrons. The molecule has 2 aliphatic heterocycles. The number of benzene rings is 1. The largest absolute Gasteiger partial charge is 0.378 e. The van der Waals surface area contributed by atoms with Crippen molar-refractivity contribution >= 4 is 11.5 Å². The zero-order valence-corrected chi connectivity index (χ0v) is 14.9. The first kappa shape index (κ1) is 17.0. The molecular formula is C20H29N3O. The maximum atomic E-state index is 12.3. The molecule has 0 atom stereocenters. The highest BCUT2D eigenvalue weighted by Crippen LogP contribution is 2.21. The Hall–Kier alpha value is -1.81. The predicted molar refractivity (Wildman–Crippen MR) is 99.6 cm³/mol. The molecule has 0 amide bonds. The number of allylic oxidation sites excluding steroid dienone is 1. The summed E-state index contributed by atoms with van der Waals surface area (Å²) >= 11 is 0. The summed E-state index contributed by atoms with van der Waals surface area (Å²) in [5.41, 5.74) is 1.86. The Morgan fingerprint density at radius 3 is 2.25 bits per heavy atom. The van der Waals surface area contributed by atoms with Gasteiger partial charge in [-0.15, -0.1) is 0 Å². The van der Waals surface area contributed by atoms with Crippen LogP contribution in [0.1, 0.15) is 36.0 Å². The first-order chi connectivity index (χ1) is 11.6. The lowest BCUT2D eigenvalue weighted by Crippen LogP contribution is -2.42. The van der Waals surface area contributed by atoms with Crippen molar-refractivity contribution in [1.82, 2.24) is 9.80 Å². The number of nitrogens with zero attached hydrogens (tertiary/aromatic N) is 3. The zero-order valence-electron chi connectivity index (χ0n) is 14.9. The first-order valence-electron chi connectivity index (χ1n) is 9.11. The summed E-state index contributed by atoms with van der Waals surface area (Å²) < 4.78 is 0. The fourth-order valence-corrected chi connectivity index (χ4v) is 3.70. The standard InChI is InChI=1S/C20H29N3O/c1-21(2)18-7-5-17(6-8-18)20(24)11-16-22-14-9-19(10-15-22)23-12-3-4-13-23/h5-8,11,16,19H,3-4,9-10,12-15H2,1-2H3. The van der Waals surface area contributed by atoms with Gasteiger partial charge >= 0.3 is 0 Å². The Morgan fingerprint density at radius 1 is 1.04 bits per heavy atom. The van der Waals surface area contributed by atoms with E-state index < -0.39 is 0 Å². The van der Waals surface area contributed by atoms with E-state index in [0.29, 0.717) is 0 Å². The number of hydrogen-bond acceptors (Lipinski definition) is 4. The number of ketones is 1. The summed E-state index contributed by atoms with van der Waals surface area (Å²) in [7, 11) is 4.00. The maximum absolute atomic E-state index is 12.3. The number of anilines is 1. The Labute approximate surface area is 145 Å². The molecule has 1 aromatic carbocycles. The van der Waals surface area contributed by atoms with E-state index in [4.69, 9.17) is 0 Å². The van der Waals surface area contributed by atoms with Gasteiger partial charge in [0, 0.05) is 56.8 Å². The second-order valence-electron chi connectivity index (χ2n) is 7.13. The van der Waals surface area contributed by atoms with E-state index in [1.165, 1.54) is 38.8 Å². The number of rotatable bonds is 5. The monoisotopic (exact) mass is 327 g/mol. The highest BCUT2D eigenvalue weighted by atomic mass is 16.1. The minimum Gasteiger partial charge on any atom is -0.378 e. The second-order valence-corrected chi connectivity index (χ2v) is 7.13. The molecule has 0 saturated carbocycles. The molecule has 0 radical (unpaired) electrons. The van der Waals surface area contributed by atoms with Gasteiger partial charge in [0.2, 0.25) is 0 Å². The molecule has 0 aromatic heterocycles. The minimum absolute atomic E-state index is 0.0852. The summed E-state index contributed by atoms with van der Waals surface area (Å²) in [5, 5.41) is 0. The SMILES string of the molecule is CN(C)c1ccc(C(=O)C=CN2CCC(N3CCCC3)CC2)cc1. The van der Waals surface area contributed by atoms with Gasteiger partial charge in [-0.2, -0.15) is 0 Å². The highest BCUT2D eigenvalue weighted by molar-refractivity contribution is 6.04. The van der Waals surface area contributed by atoms with Gasteiger partial charge < -0.3 is 14.7 Å². The third-order valence-electron chi connectivity index (χ3n) is 5.26. The average Bonchev–Trinajstić information content (AvgIpc) is 3.15. The average molecular weight is 327 g/mol. The molecule has 0 unspecified atom stereocenters. The lowest BCUT2D eigenvalue weighted by Gasteiger charge is -2.36. The van der Waals surface area contributed by atoms with E-state index in [1.54, 1.807) is 6.08 Å². The van der Waals surface area contributed by atoms with Crippen LogP contribution < -0.4 is 4.90 Å². The summed E-state index contributed by atoms with van der Waals surface area (Å²) in [5.74, 6) is 0.0852. The zero-order chi connectivity index (χ0) is 16.9. The van der Waals surface area contributed by atoms with Crippen LogP contribution >= 0.6 is 0 Å². The molecule has 2 heterocycles. The van der Waals surface area contributed by atoms with E-state index in [0.717, 1.165) is 30.4 Å². The van der Waals surface area contributed by atoms with Crippen molar-refractivity contribution in [3.8, 4) is 0 Å². The van der Waals surface area contributed by atoms with Crippen molar-refractivity contribution in [3.05, 3.63) is 42.1 Å². The summed E-state index contributed by atoms with van der Waals surface area (Å²) in [6.07, 6.45) is 8.87. The van der Waals surface area contributed by atoms with Crippen LogP contribution in [0.5, 0.6) is 0 Å². The van der Waals surface area contributed by atoms with Crippen molar-refractivity contribution in [1.29, 1.82) is 0 Å². The Bertz CT molecular complexity index is 565. The first-order valence-corrected chi connectivity index (χ1v) is 9.11. The van der Waals surface area contributed by atoms with E-state index in [-0.39, 0.29) is 5.78 Å². The predicted octanol–water partition coefficient (Wildman–Crippen LogP) is 3.01. The van der Waals surface area contributed by atoms with E-state index in [9.17, 15) is 4.79 Å². The molecular weight excluding hydrogens is 298 g/mol. The molecule has 0 bridgehead atoms. The number of hydrogen-bond donors (Lipinski definition) is 0. The molecule has 3 rings (SSSR count). The Kier molecular flexibility index (Phi) is 5.56. The van der Waals surface area contributed by atoms with Crippen LogP contribution in [0.15, 0.2) is 36.5 Å². The molecule has 2 aliphatic rings. The number of carbonyl (C=O) groups excluding carboxylic acids is 1. The van der Waals surface area contributed by atoms with Crippen LogP contribution in [-0.4, -0.2) is 61.9 Å². The van der Waals surface area contributed by atoms with Crippen LogP contribution in [-0.2, 0) is 0 Å². The molecule has 1 aromatic rings. The molecule has 2 fully saturated rings. The van der Waals surface area contributed by atoms with Crippen molar-refractivity contribution in [2.75, 3.05) is 45.2 Å². The molecule has 0 N–H and O–H groups in total. The van der Waals surface area contributed by atoms with Crippen LogP contribution in [0.3, 0.4) is 0 Å².